The topological polar surface area (TPSA) is 90.8 Å². The summed E-state index contributed by atoms with van der Waals surface area (Å²) in [7, 11) is 0. The average Bonchev–Trinajstić information content (AvgIpc) is 2.63. The molecule has 0 spiro atoms. The van der Waals surface area contributed by atoms with Crippen molar-refractivity contribution in [3.63, 3.8) is 0 Å². The molecular formula is C19H19Cl2N3O3. The third-order valence-electron chi connectivity index (χ3n) is 3.73. The molecule has 3 N–H and O–H groups in total. The summed E-state index contributed by atoms with van der Waals surface area (Å²) in [6.45, 7) is 3.60. The van der Waals surface area contributed by atoms with Gasteiger partial charge in [0.25, 0.3) is 11.8 Å². The number of phenols is 1. The number of rotatable bonds is 6. The number of hydrogen-bond acceptors (Lipinski definition) is 4. The van der Waals surface area contributed by atoms with E-state index in [1.165, 1.54) is 30.5 Å². The van der Waals surface area contributed by atoms with Gasteiger partial charge in [0.05, 0.1) is 16.3 Å². The Kier molecular flexibility index (Phi) is 7.21. The van der Waals surface area contributed by atoms with Gasteiger partial charge in [-0.1, -0.05) is 49.2 Å². The van der Waals surface area contributed by atoms with Gasteiger partial charge in [-0.05, 0) is 36.2 Å². The molecule has 0 bridgehead atoms. The highest BCUT2D eigenvalue weighted by atomic mass is 35.5. The van der Waals surface area contributed by atoms with Gasteiger partial charge < -0.3 is 10.4 Å². The van der Waals surface area contributed by atoms with Gasteiger partial charge in [0.1, 0.15) is 11.8 Å². The number of amides is 2. The number of hydrazone groups is 1. The monoisotopic (exact) mass is 407 g/mol. The molecule has 0 aromatic heterocycles. The largest absolute Gasteiger partial charge is 0.507 e. The van der Waals surface area contributed by atoms with E-state index in [2.05, 4.69) is 15.8 Å². The van der Waals surface area contributed by atoms with E-state index in [9.17, 15) is 14.7 Å². The number of nitrogens with one attached hydrogen (secondary N) is 2. The number of halogens is 2. The third kappa shape index (κ3) is 5.70. The maximum Gasteiger partial charge on any atom is 0.262 e. The van der Waals surface area contributed by atoms with Crippen LogP contribution < -0.4 is 10.7 Å². The van der Waals surface area contributed by atoms with E-state index in [1.807, 2.05) is 0 Å². The van der Waals surface area contributed by atoms with Crippen LogP contribution in [0.3, 0.4) is 0 Å². The molecule has 2 rings (SSSR count). The van der Waals surface area contributed by atoms with Crippen LogP contribution in [0.1, 0.15) is 29.8 Å². The van der Waals surface area contributed by atoms with Crippen LogP contribution in [-0.2, 0) is 4.79 Å². The van der Waals surface area contributed by atoms with Crippen LogP contribution in [0.2, 0.25) is 10.0 Å². The zero-order valence-corrected chi connectivity index (χ0v) is 16.3. The maximum atomic E-state index is 12.4. The van der Waals surface area contributed by atoms with E-state index in [1.54, 1.807) is 32.0 Å². The van der Waals surface area contributed by atoms with E-state index in [4.69, 9.17) is 23.2 Å². The molecule has 2 aromatic carbocycles. The summed E-state index contributed by atoms with van der Waals surface area (Å²) >= 11 is 11.8. The van der Waals surface area contributed by atoms with Crippen LogP contribution in [0.15, 0.2) is 47.6 Å². The lowest BCUT2D eigenvalue weighted by atomic mass is 10.0. The van der Waals surface area contributed by atoms with Crippen molar-refractivity contribution in [1.82, 2.24) is 10.7 Å². The lowest BCUT2D eigenvalue weighted by Gasteiger charge is -2.20. The SMILES string of the molecule is CC(C)C(NC(=O)c1ccc(Cl)c(Cl)c1)C(=O)N/N=C/c1ccccc1O. The molecule has 0 radical (unpaired) electrons. The average molecular weight is 408 g/mol. The van der Waals surface area contributed by atoms with Crippen LogP contribution in [-0.4, -0.2) is 29.2 Å². The first kappa shape index (κ1) is 20.7. The summed E-state index contributed by atoms with van der Waals surface area (Å²) in [5, 5.41) is 16.8. The molecule has 0 saturated carbocycles. The molecule has 0 fully saturated rings. The van der Waals surface area contributed by atoms with Crippen LogP contribution in [0.4, 0.5) is 0 Å². The lowest BCUT2D eigenvalue weighted by Crippen LogP contribution is -2.48. The Balaban J connectivity index is 2.05. The molecule has 8 heteroatoms. The first-order valence-electron chi connectivity index (χ1n) is 8.16. The Morgan fingerprint density at radius 1 is 1.11 bits per heavy atom. The molecular weight excluding hydrogens is 389 g/mol. The minimum Gasteiger partial charge on any atom is -0.507 e. The molecule has 0 aliphatic rings. The Morgan fingerprint density at radius 2 is 1.81 bits per heavy atom. The Morgan fingerprint density at radius 3 is 2.44 bits per heavy atom. The van der Waals surface area contributed by atoms with E-state index in [0.717, 1.165) is 0 Å². The summed E-state index contributed by atoms with van der Waals surface area (Å²) < 4.78 is 0. The predicted molar refractivity (Wildman–Crippen MR) is 106 cm³/mol. The van der Waals surface area contributed by atoms with Crippen molar-refractivity contribution in [1.29, 1.82) is 0 Å². The summed E-state index contributed by atoms with van der Waals surface area (Å²) in [6.07, 6.45) is 1.32. The zero-order chi connectivity index (χ0) is 20.0. The Bertz CT molecular complexity index is 869. The van der Waals surface area contributed by atoms with Gasteiger partial charge in [-0.15, -0.1) is 0 Å². The van der Waals surface area contributed by atoms with E-state index >= 15 is 0 Å². The number of para-hydroxylation sites is 1. The number of carbonyl (C=O) groups is 2. The number of phenolic OH excluding ortho intramolecular Hbond substituents is 1. The molecule has 1 unspecified atom stereocenters. The van der Waals surface area contributed by atoms with Gasteiger partial charge in [0.2, 0.25) is 0 Å². The number of nitrogens with zero attached hydrogens (tertiary/aromatic N) is 1. The number of benzene rings is 2. The van der Waals surface area contributed by atoms with E-state index < -0.39 is 17.9 Å². The quantitative estimate of drug-likeness (QED) is 0.504. The van der Waals surface area contributed by atoms with Gasteiger partial charge in [-0.25, -0.2) is 5.43 Å². The van der Waals surface area contributed by atoms with Crippen LogP contribution in [0.5, 0.6) is 5.75 Å². The first-order valence-corrected chi connectivity index (χ1v) is 8.92. The molecule has 142 valence electrons. The zero-order valence-electron chi connectivity index (χ0n) is 14.7. The molecule has 2 aromatic rings. The van der Waals surface area contributed by atoms with Crippen molar-refractivity contribution >= 4 is 41.2 Å². The smallest absolute Gasteiger partial charge is 0.262 e. The highest BCUT2D eigenvalue weighted by molar-refractivity contribution is 6.42. The van der Waals surface area contributed by atoms with Crippen molar-refractivity contribution in [2.45, 2.75) is 19.9 Å². The number of carbonyl (C=O) groups excluding carboxylic acids is 2. The van der Waals surface area contributed by atoms with Crippen LogP contribution in [0.25, 0.3) is 0 Å². The van der Waals surface area contributed by atoms with Crippen LogP contribution >= 0.6 is 23.2 Å². The molecule has 6 nitrogen and oxygen atoms in total. The predicted octanol–water partition coefficient (Wildman–Crippen LogP) is 3.60. The van der Waals surface area contributed by atoms with Gasteiger partial charge >= 0.3 is 0 Å². The van der Waals surface area contributed by atoms with Crippen molar-refractivity contribution < 1.29 is 14.7 Å². The molecule has 0 aliphatic heterocycles. The van der Waals surface area contributed by atoms with Gasteiger partial charge in [-0.3, -0.25) is 9.59 Å². The van der Waals surface area contributed by atoms with Gasteiger partial charge in [-0.2, -0.15) is 5.10 Å². The van der Waals surface area contributed by atoms with Crippen molar-refractivity contribution in [3.8, 4) is 5.75 Å². The highest BCUT2D eigenvalue weighted by Gasteiger charge is 2.24. The second-order valence-electron chi connectivity index (χ2n) is 6.12. The molecule has 0 aliphatic carbocycles. The van der Waals surface area contributed by atoms with Crippen molar-refractivity contribution in [2.24, 2.45) is 11.0 Å². The maximum absolute atomic E-state index is 12.4. The normalized spacial score (nSPS) is 12.2. The second-order valence-corrected chi connectivity index (χ2v) is 6.93. The molecule has 0 heterocycles. The lowest BCUT2D eigenvalue weighted by molar-refractivity contribution is -0.123. The first-order chi connectivity index (χ1) is 12.8. The molecule has 2 amide bonds. The van der Waals surface area contributed by atoms with Crippen molar-refractivity contribution in [2.75, 3.05) is 0 Å². The molecule has 27 heavy (non-hydrogen) atoms. The van der Waals surface area contributed by atoms with E-state index in [-0.39, 0.29) is 16.7 Å². The van der Waals surface area contributed by atoms with Crippen LogP contribution in [0, 0.1) is 5.92 Å². The van der Waals surface area contributed by atoms with Gasteiger partial charge in [0.15, 0.2) is 0 Å². The molecule has 0 saturated heterocycles. The Hall–Kier alpha value is -2.57. The minimum absolute atomic E-state index is 0.0452. The summed E-state index contributed by atoms with van der Waals surface area (Å²) in [5.74, 6) is -1.07. The minimum atomic E-state index is -0.812. The summed E-state index contributed by atoms with van der Waals surface area (Å²) in [6, 6.07) is 10.2. The highest BCUT2D eigenvalue weighted by Crippen LogP contribution is 2.22. The van der Waals surface area contributed by atoms with Gasteiger partial charge in [0, 0.05) is 11.1 Å². The third-order valence-corrected chi connectivity index (χ3v) is 4.47. The molecule has 1 atom stereocenters. The summed E-state index contributed by atoms with van der Waals surface area (Å²) in [5.41, 5.74) is 3.12. The number of hydrogen-bond donors (Lipinski definition) is 3. The fourth-order valence-electron chi connectivity index (χ4n) is 2.23. The second kappa shape index (κ2) is 9.39. The van der Waals surface area contributed by atoms with E-state index in [0.29, 0.717) is 16.1 Å². The summed E-state index contributed by atoms with van der Waals surface area (Å²) in [4.78, 5) is 24.8. The fourth-order valence-corrected chi connectivity index (χ4v) is 2.53. The fraction of sp³-hybridized carbons (Fsp3) is 0.211. The van der Waals surface area contributed by atoms with Crippen molar-refractivity contribution in [3.05, 3.63) is 63.6 Å². The number of aromatic hydroxyl groups is 1. The Labute approximate surface area is 167 Å². The standard InChI is InChI=1S/C19H19Cl2N3O3/c1-11(2)17(23-18(26)12-7-8-14(20)15(21)9-12)19(27)24-22-10-13-5-3-4-6-16(13)25/h3-11,17,25H,1-2H3,(H,23,26)(H,24,27)/b22-10+.